The fourth-order valence-electron chi connectivity index (χ4n) is 4.43. The molecule has 0 spiro atoms. The second kappa shape index (κ2) is 9.25. The van der Waals surface area contributed by atoms with Gasteiger partial charge in [-0.1, -0.05) is 30.3 Å². The lowest BCUT2D eigenvalue weighted by atomic mass is 9.90. The number of nitrogens with zero attached hydrogens (tertiary/aromatic N) is 1. The van der Waals surface area contributed by atoms with Gasteiger partial charge < -0.3 is 19.9 Å². The highest BCUT2D eigenvalue weighted by molar-refractivity contribution is 5.84. The Kier molecular flexibility index (Phi) is 6.26. The number of ether oxygens (including phenoxy) is 1. The van der Waals surface area contributed by atoms with E-state index in [1.54, 1.807) is 14.0 Å². The lowest BCUT2D eigenvalue weighted by molar-refractivity contribution is -0.133. The summed E-state index contributed by atoms with van der Waals surface area (Å²) in [5.41, 5.74) is 3.36. The number of likely N-dealkylation sites (tertiary alicyclic amines) is 1. The quantitative estimate of drug-likeness (QED) is 0.640. The Morgan fingerprint density at radius 2 is 1.84 bits per heavy atom. The van der Waals surface area contributed by atoms with Crippen molar-refractivity contribution in [1.82, 2.24) is 15.2 Å². The maximum Gasteiger partial charge on any atom is 0.223 e. The van der Waals surface area contributed by atoms with Crippen molar-refractivity contribution in [3.05, 3.63) is 65.9 Å². The van der Waals surface area contributed by atoms with Crippen molar-refractivity contribution in [1.29, 1.82) is 0 Å². The summed E-state index contributed by atoms with van der Waals surface area (Å²) in [6.45, 7) is 3.40. The Morgan fingerprint density at radius 3 is 2.52 bits per heavy atom. The van der Waals surface area contributed by atoms with E-state index >= 15 is 0 Å². The first-order valence-corrected chi connectivity index (χ1v) is 10.8. The highest BCUT2D eigenvalue weighted by Crippen LogP contribution is 2.31. The molecule has 6 nitrogen and oxygen atoms in total. The molecule has 2 N–H and O–H groups in total. The van der Waals surface area contributed by atoms with E-state index in [-0.39, 0.29) is 23.7 Å². The molecule has 2 heterocycles. The van der Waals surface area contributed by atoms with Crippen LogP contribution in [0.5, 0.6) is 5.75 Å². The third-order valence-electron chi connectivity index (χ3n) is 6.31. The molecule has 4 rings (SSSR count). The van der Waals surface area contributed by atoms with Crippen LogP contribution in [-0.2, 0) is 9.59 Å². The second-order valence-electron chi connectivity index (χ2n) is 8.14. The van der Waals surface area contributed by atoms with E-state index in [9.17, 15) is 9.59 Å². The number of hydrogen-bond acceptors (Lipinski definition) is 3. The first-order valence-electron chi connectivity index (χ1n) is 10.8. The van der Waals surface area contributed by atoms with E-state index in [1.165, 1.54) is 0 Å². The summed E-state index contributed by atoms with van der Waals surface area (Å²) in [7, 11) is 1.66. The van der Waals surface area contributed by atoms with Gasteiger partial charge in [0.25, 0.3) is 0 Å². The highest BCUT2D eigenvalue weighted by Gasteiger charge is 2.27. The Morgan fingerprint density at radius 1 is 1.13 bits per heavy atom. The van der Waals surface area contributed by atoms with Crippen LogP contribution < -0.4 is 10.1 Å². The number of methoxy groups -OCH3 is 1. The van der Waals surface area contributed by atoms with Crippen molar-refractivity contribution in [2.75, 3.05) is 26.7 Å². The molecule has 1 saturated heterocycles. The van der Waals surface area contributed by atoms with Gasteiger partial charge in [0.1, 0.15) is 5.75 Å². The van der Waals surface area contributed by atoms with E-state index in [0.29, 0.717) is 32.5 Å². The molecule has 0 radical (unpaired) electrons. The molecule has 0 bridgehead atoms. The van der Waals surface area contributed by atoms with Crippen molar-refractivity contribution < 1.29 is 14.3 Å². The molecule has 2 aromatic carbocycles. The van der Waals surface area contributed by atoms with Crippen LogP contribution in [0.4, 0.5) is 0 Å². The minimum absolute atomic E-state index is 0.0170. The second-order valence-corrected chi connectivity index (χ2v) is 8.14. The Hall–Kier alpha value is -3.28. The van der Waals surface area contributed by atoms with E-state index in [2.05, 4.69) is 34.6 Å². The first kappa shape index (κ1) is 21.0. The number of nitrogens with one attached hydrogen (secondary N) is 2. The first-order chi connectivity index (χ1) is 15.1. The molecular weight excluding hydrogens is 390 g/mol. The molecule has 1 aliphatic heterocycles. The van der Waals surface area contributed by atoms with Crippen LogP contribution in [-0.4, -0.2) is 48.4 Å². The molecule has 2 amide bonds. The average molecular weight is 420 g/mol. The monoisotopic (exact) mass is 419 g/mol. The van der Waals surface area contributed by atoms with Gasteiger partial charge in [-0.3, -0.25) is 9.59 Å². The molecule has 0 unspecified atom stereocenters. The fraction of sp³-hybridized carbons (Fsp3) is 0.360. The predicted octanol–water partition coefficient (Wildman–Crippen LogP) is 3.68. The van der Waals surface area contributed by atoms with Gasteiger partial charge in [0.2, 0.25) is 11.8 Å². The van der Waals surface area contributed by atoms with E-state index in [0.717, 1.165) is 27.8 Å². The number of benzene rings is 2. The van der Waals surface area contributed by atoms with E-state index in [4.69, 9.17) is 4.74 Å². The molecule has 0 saturated carbocycles. The summed E-state index contributed by atoms with van der Waals surface area (Å²) in [6.07, 6.45) is 3.47. The van der Waals surface area contributed by atoms with Gasteiger partial charge in [-0.15, -0.1) is 0 Å². The van der Waals surface area contributed by atoms with Gasteiger partial charge in [-0.2, -0.15) is 0 Å². The van der Waals surface area contributed by atoms with Crippen molar-refractivity contribution in [3.63, 3.8) is 0 Å². The number of hydrogen-bond donors (Lipinski definition) is 2. The van der Waals surface area contributed by atoms with Crippen LogP contribution >= 0.6 is 0 Å². The zero-order valence-corrected chi connectivity index (χ0v) is 18.1. The van der Waals surface area contributed by atoms with Crippen molar-refractivity contribution >= 4 is 22.7 Å². The van der Waals surface area contributed by atoms with E-state index < -0.39 is 0 Å². The van der Waals surface area contributed by atoms with Crippen LogP contribution in [0.25, 0.3) is 10.9 Å². The smallest absolute Gasteiger partial charge is 0.223 e. The zero-order valence-electron chi connectivity index (χ0n) is 18.1. The Balaban J connectivity index is 1.52. The highest BCUT2D eigenvalue weighted by atomic mass is 16.5. The Bertz CT molecular complexity index is 1050. The lowest BCUT2D eigenvalue weighted by Gasteiger charge is -2.31. The Labute approximate surface area is 182 Å². The van der Waals surface area contributed by atoms with Crippen LogP contribution in [0, 0.1) is 5.92 Å². The van der Waals surface area contributed by atoms with Crippen molar-refractivity contribution in [2.45, 2.75) is 25.7 Å². The van der Waals surface area contributed by atoms with Crippen LogP contribution in [0.15, 0.2) is 54.7 Å². The van der Waals surface area contributed by atoms with Crippen molar-refractivity contribution in [3.8, 4) is 5.75 Å². The number of aromatic nitrogens is 1. The number of carbonyl (C=O) groups is 2. The number of para-hydroxylation sites is 1. The fourth-order valence-corrected chi connectivity index (χ4v) is 4.43. The van der Waals surface area contributed by atoms with Gasteiger partial charge in [-0.25, -0.2) is 0 Å². The molecule has 1 fully saturated rings. The molecule has 1 aromatic heterocycles. The summed E-state index contributed by atoms with van der Waals surface area (Å²) in [6, 6.07) is 16.2. The summed E-state index contributed by atoms with van der Waals surface area (Å²) < 4.78 is 5.31. The maximum absolute atomic E-state index is 12.9. The number of aromatic amines is 1. The van der Waals surface area contributed by atoms with Gasteiger partial charge >= 0.3 is 0 Å². The van der Waals surface area contributed by atoms with Gasteiger partial charge in [0.15, 0.2) is 0 Å². The van der Waals surface area contributed by atoms with Crippen molar-refractivity contribution in [2.24, 2.45) is 5.92 Å². The summed E-state index contributed by atoms with van der Waals surface area (Å²) >= 11 is 0. The van der Waals surface area contributed by atoms with Gasteiger partial charge in [0, 0.05) is 55.5 Å². The molecule has 1 atom stereocenters. The number of amides is 2. The zero-order chi connectivity index (χ0) is 21.8. The normalized spacial score (nSPS) is 15.6. The summed E-state index contributed by atoms with van der Waals surface area (Å²) in [5, 5.41) is 4.35. The molecule has 1 aliphatic rings. The summed E-state index contributed by atoms with van der Waals surface area (Å²) in [4.78, 5) is 29.6. The number of H-pyrrole nitrogens is 1. The predicted molar refractivity (Wildman–Crippen MR) is 121 cm³/mol. The maximum atomic E-state index is 12.9. The van der Waals surface area contributed by atoms with E-state index in [1.807, 2.05) is 35.4 Å². The number of rotatable bonds is 6. The largest absolute Gasteiger partial charge is 0.497 e. The van der Waals surface area contributed by atoms with Crippen LogP contribution in [0.1, 0.15) is 36.8 Å². The molecule has 0 aliphatic carbocycles. The minimum Gasteiger partial charge on any atom is -0.497 e. The average Bonchev–Trinajstić information content (AvgIpc) is 3.23. The van der Waals surface area contributed by atoms with Crippen LogP contribution in [0.3, 0.4) is 0 Å². The molecular formula is C25H29N3O3. The molecule has 162 valence electrons. The summed E-state index contributed by atoms with van der Waals surface area (Å²) in [5.74, 6) is 0.931. The SMILES string of the molecule is COc1ccc([C@@H](CNC(=O)C2CCN(C(C)=O)CC2)c2c[nH]c3ccccc23)cc1. The standard InChI is InChI=1S/C25H29N3O3/c1-17(29)28-13-11-19(12-14-28)25(30)27-15-22(18-7-9-20(31-2)10-8-18)23-16-26-24-6-4-3-5-21(23)24/h3-10,16,19,22,26H,11-15H2,1-2H3,(H,27,30)/t22-/m1/s1. The number of fused-ring (bicyclic) bond motifs is 1. The molecule has 6 heteroatoms. The molecule has 31 heavy (non-hydrogen) atoms. The number of piperidine rings is 1. The lowest BCUT2D eigenvalue weighted by Crippen LogP contribution is -2.43. The minimum atomic E-state index is -0.0462. The van der Waals surface area contributed by atoms with Gasteiger partial charge in [-0.05, 0) is 42.2 Å². The van der Waals surface area contributed by atoms with Gasteiger partial charge in [0.05, 0.1) is 7.11 Å². The third-order valence-corrected chi connectivity index (χ3v) is 6.31. The number of carbonyl (C=O) groups excluding carboxylic acids is 2. The third kappa shape index (κ3) is 4.58. The topological polar surface area (TPSA) is 74.4 Å². The molecule has 3 aromatic rings. The van der Waals surface area contributed by atoms with Crippen LogP contribution in [0.2, 0.25) is 0 Å².